The lowest BCUT2D eigenvalue weighted by Crippen LogP contribution is -2.46. The molecule has 1 aliphatic rings. The minimum absolute atomic E-state index is 0.0188. The summed E-state index contributed by atoms with van der Waals surface area (Å²) in [7, 11) is 0. The predicted octanol–water partition coefficient (Wildman–Crippen LogP) is 2.04. The SMILES string of the molecule is Cc1ccc(-n2nnnc2SCC(=O)NC(=O)NC[C@@H]2COc3ccccc3O2)cc1C. The van der Waals surface area contributed by atoms with Crippen molar-refractivity contribution < 1.29 is 19.1 Å². The van der Waals surface area contributed by atoms with Crippen LogP contribution >= 0.6 is 11.8 Å². The number of carbonyl (C=O) groups excluding carboxylic acids is 2. The number of hydrogen-bond acceptors (Lipinski definition) is 8. The number of imide groups is 1. The van der Waals surface area contributed by atoms with Gasteiger partial charge in [0, 0.05) is 0 Å². The highest BCUT2D eigenvalue weighted by Gasteiger charge is 2.21. The number of aryl methyl sites for hydroxylation is 2. The molecule has 0 saturated heterocycles. The van der Waals surface area contributed by atoms with Gasteiger partial charge < -0.3 is 14.8 Å². The highest BCUT2D eigenvalue weighted by Crippen LogP contribution is 2.30. The van der Waals surface area contributed by atoms with Crippen molar-refractivity contribution in [2.24, 2.45) is 0 Å². The summed E-state index contributed by atoms with van der Waals surface area (Å²) in [5.74, 6) is 0.812. The van der Waals surface area contributed by atoms with Crippen LogP contribution in [0, 0.1) is 13.8 Å². The molecule has 10 nitrogen and oxygen atoms in total. The predicted molar refractivity (Wildman–Crippen MR) is 117 cm³/mol. The van der Waals surface area contributed by atoms with Crippen molar-refractivity contribution >= 4 is 23.7 Å². The standard InChI is InChI=1S/C21H22N6O4S/c1-13-7-8-15(9-14(13)2)27-21(24-25-26-27)32-12-19(28)23-20(29)22-10-16-11-30-17-5-3-4-6-18(17)31-16/h3-9,16H,10-12H2,1-2H3,(H2,22,23,28,29)/t16-/m1/s1. The Morgan fingerprint density at radius 3 is 2.78 bits per heavy atom. The second-order valence-corrected chi connectivity index (χ2v) is 8.13. The number of carbonyl (C=O) groups is 2. The lowest BCUT2D eigenvalue weighted by molar-refractivity contribution is -0.117. The first-order valence-electron chi connectivity index (χ1n) is 9.94. The molecule has 166 valence electrons. The van der Waals surface area contributed by atoms with Gasteiger partial charge in [-0.1, -0.05) is 30.0 Å². The third-order valence-corrected chi connectivity index (χ3v) is 5.74. The molecule has 2 heterocycles. The van der Waals surface area contributed by atoms with E-state index < -0.39 is 11.9 Å². The molecule has 0 spiro atoms. The lowest BCUT2D eigenvalue weighted by Gasteiger charge is -2.26. The minimum Gasteiger partial charge on any atom is -0.486 e. The first-order chi connectivity index (χ1) is 15.5. The number of rotatable bonds is 6. The van der Waals surface area contributed by atoms with E-state index in [2.05, 4.69) is 26.2 Å². The average molecular weight is 455 g/mol. The van der Waals surface area contributed by atoms with Gasteiger partial charge in [-0.25, -0.2) is 4.79 Å². The fraction of sp³-hybridized carbons (Fsp3) is 0.286. The smallest absolute Gasteiger partial charge is 0.321 e. The van der Waals surface area contributed by atoms with E-state index in [-0.39, 0.29) is 18.4 Å². The number of aromatic nitrogens is 4. The normalized spacial score (nSPS) is 14.6. The summed E-state index contributed by atoms with van der Waals surface area (Å²) < 4.78 is 12.9. The number of tetrazole rings is 1. The summed E-state index contributed by atoms with van der Waals surface area (Å²) in [6.45, 7) is 4.54. The number of amides is 3. The van der Waals surface area contributed by atoms with Gasteiger partial charge >= 0.3 is 6.03 Å². The van der Waals surface area contributed by atoms with Gasteiger partial charge in [-0.2, -0.15) is 4.68 Å². The van der Waals surface area contributed by atoms with E-state index in [1.165, 1.54) is 0 Å². The van der Waals surface area contributed by atoms with Crippen LogP contribution in [0.15, 0.2) is 47.6 Å². The van der Waals surface area contributed by atoms with Crippen LogP contribution in [0.25, 0.3) is 5.69 Å². The molecule has 1 atom stereocenters. The number of ether oxygens (including phenoxy) is 2. The molecule has 11 heteroatoms. The molecule has 0 saturated carbocycles. The monoisotopic (exact) mass is 454 g/mol. The molecule has 0 radical (unpaired) electrons. The second kappa shape index (κ2) is 9.69. The number of benzene rings is 2. The van der Waals surface area contributed by atoms with Gasteiger partial charge in [0.1, 0.15) is 6.61 Å². The molecule has 3 aromatic rings. The van der Waals surface area contributed by atoms with Crippen molar-refractivity contribution in [2.45, 2.75) is 25.1 Å². The Hall–Kier alpha value is -3.60. The van der Waals surface area contributed by atoms with Crippen LogP contribution in [0.3, 0.4) is 0 Å². The molecular weight excluding hydrogens is 432 g/mol. The highest BCUT2D eigenvalue weighted by molar-refractivity contribution is 7.99. The molecule has 0 unspecified atom stereocenters. The Morgan fingerprint density at radius 1 is 1.16 bits per heavy atom. The van der Waals surface area contributed by atoms with Crippen LogP contribution in [0.1, 0.15) is 11.1 Å². The molecule has 32 heavy (non-hydrogen) atoms. The molecule has 0 aliphatic carbocycles. The van der Waals surface area contributed by atoms with E-state index in [4.69, 9.17) is 9.47 Å². The molecular formula is C21H22N6O4S. The molecule has 0 fully saturated rings. The lowest BCUT2D eigenvalue weighted by atomic mass is 10.1. The summed E-state index contributed by atoms with van der Waals surface area (Å²) in [5.41, 5.74) is 3.07. The molecule has 3 amide bonds. The van der Waals surface area contributed by atoms with Crippen molar-refractivity contribution in [1.29, 1.82) is 0 Å². The van der Waals surface area contributed by atoms with E-state index in [0.717, 1.165) is 28.6 Å². The van der Waals surface area contributed by atoms with Gasteiger partial charge in [-0.05, 0) is 59.7 Å². The average Bonchev–Trinajstić information content (AvgIpc) is 3.26. The Labute approximate surface area is 188 Å². The first kappa shape index (κ1) is 21.6. The largest absolute Gasteiger partial charge is 0.486 e. The Balaban J connectivity index is 1.24. The fourth-order valence-electron chi connectivity index (χ4n) is 3.00. The van der Waals surface area contributed by atoms with Crippen LogP contribution < -0.4 is 20.1 Å². The zero-order chi connectivity index (χ0) is 22.5. The number of nitrogens with zero attached hydrogens (tertiary/aromatic N) is 4. The van der Waals surface area contributed by atoms with Gasteiger partial charge in [-0.3, -0.25) is 10.1 Å². The maximum atomic E-state index is 12.2. The van der Waals surface area contributed by atoms with Gasteiger partial charge in [-0.15, -0.1) is 5.10 Å². The first-order valence-corrected chi connectivity index (χ1v) is 10.9. The second-order valence-electron chi connectivity index (χ2n) is 7.19. The van der Waals surface area contributed by atoms with E-state index >= 15 is 0 Å². The van der Waals surface area contributed by atoms with Gasteiger partial charge in [0.15, 0.2) is 17.6 Å². The molecule has 2 aromatic carbocycles. The van der Waals surface area contributed by atoms with Crippen molar-refractivity contribution in [3.05, 3.63) is 53.6 Å². The Bertz CT molecular complexity index is 1130. The van der Waals surface area contributed by atoms with E-state index in [1.807, 2.05) is 50.2 Å². The van der Waals surface area contributed by atoms with E-state index in [1.54, 1.807) is 10.7 Å². The van der Waals surface area contributed by atoms with Crippen molar-refractivity contribution in [3.8, 4) is 17.2 Å². The fourth-order valence-corrected chi connectivity index (χ4v) is 3.69. The summed E-state index contributed by atoms with van der Waals surface area (Å²) >= 11 is 1.14. The maximum Gasteiger partial charge on any atom is 0.321 e. The third kappa shape index (κ3) is 5.17. The summed E-state index contributed by atoms with van der Waals surface area (Å²) in [5, 5.41) is 17.0. The van der Waals surface area contributed by atoms with Gasteiger partial charge in [0.05, 0.1) is 18.0 Å². The zero-order valence-electron chi connectivity index (χ0n) is 17.6. The third-order valence-electron chi connectivity index (χ3n) is 4.82. The Morgan fingerprint density at radius 2 is 1.97 bits per heavy atom. The van der Waals surface area contributed by atoms with Crippen molar-refractivity contribution in [3.63, 3.8) is 0 Å². The van der Waals surface area contributed by atoms with Gasteiger partial charge in [0.25, 0.3) is 0 Å². The van der Waals surface area contributed by atoms with E-state index in [0.29, 0.717) is 23.3 Å². The number of thioether (sulfide) groups is 1. The van der Waals surface area contributed by atoms with Crippen LogP contribution in [0.2, 0.25) is 0 Å². The van der Waals surface area contributed by atoms with Crippen LogP contribution in [0.5, 0.6) is 11.5 Å². The minimum atomic E-state index is -0.605. The van der Waals surface area contributed by atoms with Crippen LogP contribution in [0.4, 0.5) is 4.79 Å². The van der Waals surface area contributed by atoms with E-state index in [9.17, 15) is 9.59 Å². The maximum absolute atomic E-state index is 12.2. The number of urea groups is 1. The summed E-state index contributed by atoms with van der Waals surface area (Å²) in [6.07, 6.45) is -0.345. The molecule has 1 aromatic heterocycles. The molecule has 2 N–H and O–H groups in total. The molecule has 4 rings (SSSR count). The number of fused-ring (bicyclic) bond motifs is 1. The number of hydrogen-bond donors (Lipinski definition) is 2. The molecule has 0 bridgehead atoms. The van der Waals surface area contributed by atoms with Crippen molar-refractivity contribution in [1.82, 2.24) is 30.8 Å². The summed E-state index contributed by atoms with van der Waals surface area (Å²) in [4.78, 5) is 24.3. The number of para-hydroxylation sites is 2. The van der Waals surface area contributed by atoms with Gasteiger partial charge in [0.2, 0.25) is 11.1 Å². The topological polar surface area (TPSA) is 120 Å². The Kier molecular flexibility index (Phi) is 6.55. The summed E-state index contributed by atoms with van der Waals surface area (Å²) in [6, 6.07) is 12.6. The molecule has 1 aliphatic heterocycles. The van der Waals surface area contributed by atoms with Crippen LogP contribution in [-0.4, -0.2) is 57.2 Å². The zero-order valence-corrected chi connectivity index (χ0v) is 18.4. The highest BCUT2D eigenvalue weighted by atomic mass is 32.2. The quantitative estimate of drug-likeness (QED) is 0.543. The van der Waals surface area contributed by atoms with Crippen molar-refractivity contribution in [2.75, 3.05) is 18.9 Å². The number of nitrogens with one attached hydrogen (secondary N) is 2. The van der Waals surface area contributed by atoms with Crippen LogP contribution in [-0.2, 0) is 4.79 Å².